The summed E-state index contributed by atoms with van der Waals surface area (Å²) < 4.78 is 16.8. The third-order valence-corrected chi connectivity index (χ3v) is 5.23. The van der Waals surface area contributed by atoms with Crippen molar-refractivity contribution in [3.05, 3.63) is 63.6 Å². The van der Waals surface area contributed by atoms with Crippen molar-refractivity contribution in [1.82, 2.24) is 5.32 Å². The van der Waals surface area contributed by atoms with Gasteiger partial charge in [0.2, 0.25) is 0 Å². The minimum absolute atomic E-state index is 0. The molecule has 28 heavy (non-hydrogen) atoms. The molecule has 2 aromatic rings. The maximum atomic E-state index is 11.9. The van der Waals surface area contributed by atoms with Crippen LogP contribution in [0.3, 0.4) is 0 Å². The van der Waals surface area contributed by atoms with Gasteiger partial charge in [-0.1, -0.05) is 41.4 Å². The van der Waals surface area contributed by atoms with E-state index in [4.69, 9.17) is 37.4 Å². The van der Waals surface area contributed by atoms with E-state index in [1.807, 2.05) is 18.2 Å². The number of carbonyl (C=O) groups excluding carboxylic acids is 1. The summed E-state index contributed by atoms with van der Waals surface area (Å²) in [6.07, 6.45) is -0.206. The number of nitrogens with one attached hydrogen (secondary N) is 1. The van der Waals surface area contributed by atoms with Crippen molar-refractivity contribution < 1.29 is 19.0 Å². The molecule has 0 aromatic heterocycles. The summed E-state index contributed by atoms with van der Waals surface area (Å²) in [7, 11) is 1.35. The standard InChI is InChI=1S/C20H21Cl2NO4.ClH/c1-25-20(24)14-4-2-3-5-18(14)27-12-19-15(11-23-8-9-26-19)13-6-7-16(21)17(22)10-13;/h2-7,10,15,19,23H,8-9,11-12H2,1H3;1H/t15-,19-;/m0./s1. The quantitative estimate of drug-likeness (QED) is 0.692. The van der Waals surface area contributed by atoms with E-state index in [1.54, 1.807) is 24.3 Å². The van der Waals surface area contributed by atoms with Gasteiger partial charge in [0, 0.05) is 19.0 Å². The Morgan fingerprint density at radius 3 is 2.75 bits per heavy atom. The highest BCUT2D eigenvalue weighted by Crippen LogP contribution is 2.30. The van der Waals surface area contributed by atoms with Crippen LogP contribution in [-0.4, -0.2) is 45.5 Å². The fourth-order valence-corrected chi connectivity index (χ4v) is 3.38. The van der Waals surface area contributed by atoms with Crippen LogP contribution in [0.4, 0.5) is 0 Å². The van der Waals surface area contributed by atoms with E-state index >= 15 is 0 Å². The molecule has 8 heteroatoms. The largest absolute Gasteiger partial charge is 0.490 e. The molecule has 0 radical (unpaired) electrons. The number of methoxy groups -OCH3 is 1. The fourth-order valence-electron chi connectivity index (χ4n) is 3.07. The van der Waals surface area contributed by atoms with E-state index in [1.165, 1.54) is 7.11 Å². The summed E-state index contributed by atoms with van der Waals surface area (Å²) in [6.45, 7) is 2.35. The lowest BCUT2D eigenvalue weighted by molar-refractivity contribution is 0.0175. The zero-order valence-corrected chi connectivity index (χ0v) is 17.7. The SMILES string of the molecule is COC(=O)c1ccccc1OC[C@@H]1OCCNC[C@H]1c1ccc(Cl)c(Cl)c1.Cl. The normalized spacial score (nSPS) is 19.2. The number of hydrogen-bond acceptors (Lipinski definition) is 5. The highest BCUT2D eigenvalue weighted by atomic mass is 35.5. The van der Waals surface area contributed by atoms with Crippen molar-refractivity contribution >= 4 is 41.6 Å². The van der Waals surface area contributed by atoms with Crippen molar-refractivity contribution in [2.45, 2.75) is 12.0 Å². The number of para-hydroxylation sites is 1. The van der Waals surface area contributed by atoms with Gasteiger partial charge in [-0.15, -0.1) is 12.4 Å². The second-order valence-corrected chi connectivity index (χ2v) is 7.01. The third-order valence-electron chi connectivity index (χ3n) is 4.49. The van der Waals surface area contributed by atoms with Crippen molar-refractivity contribution in [1.29, 1.82) is 0 Å². The lowest BCUT2D eigenvalue weighted by atomic mass is 9.93. The minimum atomic E-state index is -0.435. The predicted molar refractivity (Wildman–Crippen MR) is 112 cm³/mol. The summed E-state index contributed by atoms with van der Waals surface area (Å²) in [5, 5.41) is 4.39. The number of esters is 1. The summed E-state index contributed by atoms with van der Waals surface area (Å²) in [5.41, 5.74) is 1.41. The molecule has 152 valence electrons. The Morgan fingerprint density at radius 2 is 2.00 bits per heavy atom. The summed E-state index contributed by atoms with van der Waals surface area (Å²) in [5.74, 6) is 0.0701. The Balaban J connectivity index is 0.00000280. The average molecular weight is 447 g/mol. The molecule has 1 heterocycles. The van der Waals surface area contributed by atoms with Gasteiger partial charge in [-0.05, 0) is 29.8 Å². The van der Waals surface area contributed by atoms with Crippen LogP contribution in [0.15, 0.2) is 42.5 Å². The summed E-state index contributed by atoms with van der Waals surface area (Å²) >= 11 is 12.2. The van der Waals surface area contributed by atoms with Gasteiger partial charge in [-0.2, -0.15) is 0 Å². The van der Waals surface area contributed by atoms with Crippen molar-refractivity contribution in [2.75, 3.05) is 33.4 Å². The Hall–Kier alpha value is -1.50. The van der Waals surface area contributed by atoms with Crippen LogP contribution in [0.2, 0.25) is 10.0 Å². The third kappa shape index (κ3) is 5.52. The van der Waals surface area contributed by atoms with E-state index in [0.717, 1.165) is 18.7 Å². The first-order valence-corrected chi connectivity index (χ1v) is 9.43. The molecule has 0 spiro atoms. The van der Waals surface area contributed by atoms with E-state index < -0.39 is 5.97 Å². The van der Waals surface area contributed by atoms with Crippen LogP contribution in [0.5, 0.6) is 5.75 Å². The van der Waals surface area contributed by atoms with Crippen LogP contribution < -0.4 is 10.1 Å². The number of hydrogen-bond donors (Lipinski definition) is 1. The van der Waals surface area contributed by atoms with Crippen LogP contribution >= 0.6 is 35.6 Å². The topological polar surface area (TPSA) is 56.8 Å². The fraction of sp³-hybridized carbons (Fsp3) is 0.350. The number of benzene rings is 2. The number of rotatable bonds is 5. The molecular weight excluding hydrogens is 425 g/mol. The van der Waals surface area contributed by atoms with Crippen LogP contribution in [0.1, 0.15) is 21.8 Å². The first kappa shape index (κ1) is 22.8. The molecule has 1 aliphatic rings. The second kappa shape index (κ2) is 10.9. The first-order valence-electron chi connectivity index (χ1n) is 8.67. The van der Waals surface area contributed by atoms with Gasteiger partial charge in [-0.3, -0.25) is 0 Å². The van der Waals surface area contributed by atoms with Gasteiger partial charge >= 0.3 is 5.97 Å². The first-order chi connectivity index (χ1) is 13.1. The molecule has 1 aliphatic heterocycles. The summed E-state index contributed by atoms with van der Waals surface area (Å²) in [6, 6.07) is 12.6. The zero-order valence-electron chi connectivity index (χ0n) is 15.3. The number of halogens is 3. The van der Waals surface area contributed by atoms with Gasteiger partial charge in [0.1, 0.15) is 17.9 Å². The van der Waals surface area contributed by atoms with Crippen LogP contribution in [0, 0.1) is 0 Å². The van der Waals surface area contributed by atoms with Crippen LogP contribution in [0.25, 0.3) is 0 Å². The molecule has 2 atom stereocenters. The average Bonchev–Trinajstić information content (AvgIpc) is 2.93. The maximum Gasteiger partial charge on any atom is 0.341 e. The minimum Gasteiger partial charge on any atom is -0.490 e. The lowest BCUT2D eigenvalue weighted by Gasteiger charge is -2.26. The maximum absolute atomic E-state index is 11.9. The van der Waals surface area contributed by atoms with Crippen molar-refractivity contribution in [2.24, 2.45) is 0 Å². The van der Waals surface area contributed by atoms with Gasteiger partial charge in [0.25, 0.3) is 0 Å². The zero-order chi connectivity index (χ0) is 19.2. The Bertz CT molecular complexity index is 803. The highest BCUT2D eigenvalue weighted by molar-refractivity contribution is 6.42. The molecule has 0 unspecified atom stereocenters. The van der Waals surface area contributed by atoms with Crippen molar-refractivity contribution in [3.63, 3.8) is 0 Å². The Labute approximate surface area is 180 Å². The highest BCUT2D eigenvalue weighted by Gasteiger charge is 2.28. The molecule has 0 saturated carbocycles. The molecular formula is C20H22Cl3NO4. The van der Waals surface area contributed by atoms with E-state index in [-0.39, 0.29) is 24.4 Å². The van der Waals surface area contributed by atoms with Gasteiger partial charge in [0.05, 0.1) is 29.9 Å². The van der Waals surface area contributed by atoms with E-state index in [2.05, 4.69) is 5.32 Å². The Morgan fingerprint density at radius 1 is 1.21 bits per heavy atom. The molecule has 3 rings (SSSR count). The summed E-state index contributed by atoms with van der Waals surface area (Å²) in [4.78, 5) is 11.9. The molecule has 1 N–H and O–H groups in total. The molecule has 0 aliphatic carbocycles. The van der Waals surface area contributed by atoms with Gasteiger partial charge < -0.3 is 19.5 Å². The number of carbonyl (C=O) groups is 1. The molecule has 1 fully saturated rings. The molecule has 0 bridgehead atoms. The predicted octanol–water partition coefficient (Wildman–Crippen LogP) is 4.35. The van der Waals surface area contributed by atoms with E-state index in [9.17, 15) is 4.79 Å². The lowest BCUT2D eigenvalue weighted by Crippen LogP contribution is -2.32. The molecule has 0 amide bonds. The second-order valence-electron chi connectivity index (χ2n) is 6.19. The molecule has 2 aromatic carbocycles. The number of ether oxygens (including phenoxy) is 3. The Kier molecular flexibility index (Phi) is 8.86. The van der Waals surface area contributed by atoms with Crippen LogP contribution in [-0.2, 0) is 9.47 Å². The smallest absolute Gasteiger partial charge is 0.341 e. The molecule has 5 nitrogen and oxygen atoms in total. The monoisotopic (exact) mass is 445 g/mol. The van der Waals surface area contributed by atoms with Crippen molar-refractivity contribution in [3.8, 4) is 5.75 Å². The van der Waals surface area contributed by atoms with E-state index in [0.29, 0.717) is 34.6 Å². The van der Waals surface area contributed by atoms with Gasteiger partial charge in [0.15, 0.2) is 0 Å². The van der Waals surface area contributed by atoms with Gasteiger partial charge in [-0.25, -0.2) is 4.79 Å². The molecule has 1 saturated heterocycles.